The van der Waals surface area contributed by atoms with E-state index in [0.717, 1.165) is 30.3 Å². The predicted octanol–water partition coefficient (Wildman–Crippen LogP) is 3.79. The number of carbonyl (C=O) groups excluding carboxylic acids is 2. The highest BCUT2D eigenvalue weighted by atomic mass is 19.1. The number of nitrogens with one attached hydrogen (secondary N) is 2. The molecule has 1 aliphatic carbocycles. The molecule has 0 radical (unpaired) electrons. The Balaban J connectivity index is 1.58. The number of hydrogen-bond donors (Lipinski definition) is 3. The van der Waals surface area contributed by atoms with Crippen LogP contribution in [0.15, 0.2) is 48.5 Å². The van der Waals surface area contributed by atoms with Gasteiger partial charge in [0.05, 0.1) is 24.2 Å². The molecule has 1 aliphatic rings. The molecule has 35 heavy (non-hydrogen) atoms. The van der Waals surface area contributed by atoms with Crippen molar-refractivity contribution in [3.8, 4) is 0 Å². The molecule has 7 nitrogen and oxygen atoms in total. The number of rotatable bonds is 6. The average molecular weight is 481 g/mol. The van der Waals surface area contributed by atoms with Gasteiger partial charge in [-0.05, 0) is 42.0 Å². The summed E-state index contributed by atoms with van der Waals surface area (Å²) in [5.74, 6) is -1.07. The van der Waals surface area contributed by atoms with Gasteiger partial charge < -0.3 is 15.7 Å². The lowest BCUT2D eigenvalue weighted by Crippen LogP contribution is -2.57. The van der Waals surface area contributed by atoms with Crippen LogP contribution in [-0.4, -0.2) is 44.9 Å². The smallest absolute Gasteiger partial charge is 0.273 e. The van der Waals surface area contributed by atoms with Crippen LogP contribution in [0.25, 0.3) is 10.9 Å². The van der Waals surface area contributed by atoms with Gasteiger partial charge >= 0.3 is 0 Å². The second-order valence-corrected chi connectivity index (χ2v) is 10.4. The van der Waals surface area contributed by atoms with Crippen molar-refractivity contribution in [2.75, 3.05) is 0 Å². The normalized spacial score (nSPS) is 19.3. The summed E-state index contributed by atoms with van der Waals surface area (Å²) >= 11 is 0. The Morgan fingerprint density at radius 3 is 2.49 bits per heavy atom. The summed E-state index contributed by atoms with van der Waals surface area (Å²) < 4.78 is 15.0. The van der Waals surface area contributed by atoms with Crippen molar-refractivity contribution in [1.29, 1.82) is 0 Å². The molecule has 1 saturated carbocycles. The van der Waals surface area contributed by atoms with Gasteiger partial charge in [0.25, 0.3) is 5.91 Å². The van der Waals surface area contributed by atoms with Crippen molar-refractivity contribution in [2.45, 2.75) is 71.2 Å². The second kappa shape index (κ2) is 10.2. The van der Waals surface area contributed by atoms with E-state index < -0.39 is 23.5 Å². The first-order valence-corrected chi connectivity index (χ1v) is 12.1. The maximum absolute atomic E-state index is 13.4. The fraction of sp³-hybridized carbons (Fsp3) is 0.444. The minimum Gasteiger partial charge on any atom is -0.391 e. The molecule has 2 aromatic carbocycles. The third-order valence-corrected chi connectivity index (χ3v) is 6.58. The number of aliphatic hydroxyl groups excluding tert-OH is 1. The lowest BCUT2D eigenvalue weighted by Gasteiger charge is -2.34. The van der Waals surface area contributed by atoms with Gasteiger partial charge in [0.15, 0.2) is 5.69 Å². The van der Waals surface area contributed by atoms with Crippen LogP contribution in [0.5, 0.6) is 0 Å². The molecule has 3 aromatic rings. The summed E-state index contributed by atoms with van der Waals surface area (Å²) in [6, 6.07) is 12.4. The van der Waals surface area contributed by atoms with Crippen molar-refractivity contribution in [3.05, 3.63) is 65.6 Å². The summed E-state index contributed by atoms with van der Waals surface area (Å²) in [5.41, 5.74) is 1.28. The summed E-state index contributed by atoms with van der Waals surface area (Å²) in [4.78, 5) is 26.6. The molecule has 4 rings (SSSR count). The molecule has 0 bridgehead atoms. The summed E-state index contributed by atoms with van der Waals surface area (Å²) in [5, 5.41) is 21.4. The van der Waals surface area contributed by atoms with Crippen molar-refractivity contribution >= 4 is 22.7 Å². The van der Waals surface area contributed by atoms with E-state index in [9.17, 15) is 19.1 Å². The van der Waals surface area contributed by atoms with Gasteiger partial charge in [0.1, 0.15) is 11.9 Å². The van der Waals surface area contributed by atoms with Crippen LogP contribution < -0.4 is 10.6 Å². The number of aromatic nitrogens is 2. The summed E-state index contributed by atoms with van der Waals surface area (Å²) in [6.45, 7) is 6.04. The molecule has 1 aromatic heterocycles. The SMILES string of the molecule is CC(C)(C)[C@H](NC(=O)c1nn(Cc2ccc(F)cc2)c2ccccc12)C(=O)N[C@H]1CCCC[C@@H]1O. The molecule has 0 aliphatic heterocycles. The number of aliphatic hydroxyl groups is 1. The lowest BCUT2D eigenvalue weighted by atomic mass is 9.85. The number of hydrogen-bond acceptors (Lipinski definition) is 4. The van der Waals surface area contributed by atoms with E-state index in [1.165, 1.54) is 12.1 Å². The number of carbonyl (C=O) groups is 2. The van der Waals surface area contributed by atoms with E-state index in [1.54, 1.807) is 16.8 Å². The van der Waals surface area contributed by atoms with Gasteiger partial charge in [-0.1, -0.05) is 63.9 Å². The molecule has 8 heteroatoms. The highest BCUT2D eigenvalue weighted by molar-refractivity contribution is 6.06. The van der Waals surface area contributed by atoms with Crippen LogP contribution in [0.1, 0.15) is 62.5 Å². The number of amides is 2. The monoisotopic (exact) mass is 480 g/mol. The van der Waals surface area contributed by atoms with E-state index in [0.29, 0.717) is 18.4 Å². The Morgan fingerprint density at radius 2 is 1.80 bits per heavy atom. The standard InChI is InChI=1S/C27H33FN4O3/c1-27(2,3)24(26(35)29-20-9-5-7-11-22(20)33)30-25(34)23-19-8-4-6-10-21(19)32(31-23)16-17-12-14-18(28)15-13-17/h4,6,8,10,12-15,20,22,24,33H,5,7,9,11,16H2,1-3H3,(H,29,35)(H,30,34)/t20-,22-,24+/m0/s1. The van der Waals surface area contributed by atoms with Crippen LogP contribution in [0.2, 0.25) is 0 Å². The average Bonchev–Trinajstić information content (AvgIpc) is 3.18. The Labute approximate surface area is 204 Å². The fourth-order valence-electron chi connectivity index (χ4n) is 4.60. The van der Waals surface area contributed by atoms with Gasteiger partial charge in [0.2, 0.25) is 5.91 Å². The molecule has 2 amide bonds. The molecule has 186 valence electrons. The van der Waals surface area contributed by atoms with E-state index in [1.807, 2.05) is 45.0 Å². The molecule has 0 unspecified atom stereocenters. The largest absolute Gasteiger partial charge is 0.391 e. The van der Waals surface area contributed by atoms with Gasteiger partial charge in [0, 0.05) is 5.39 Å². The maximum atomic E-state index is 13.4. The van der Waals surface area contributed by atoms with Crippen molar-refractivity contribution in [1.82, 2.24) is 20.4 Å². The first-order chi connectivity index (χ1) is 16.6. The number of halogens is 1. The molecule has 0 spiro atoms. The zero-order valence-electron chi connectivity index (χ0n) is 20.4. The summed E-state index contributed by atoms with van der Waals surface area (Å²) in [7, 11) is 0. The van der Waals surface area contributed by atoms with Crippen LogP contribution in [0, 0.1) is 11.2 Å². The van der Waals surface area contributed by atoms with Crippen LogP contribution >= 0.6 is 0 Å². The fourth-order valence-corrected chi connectivity index (χ4v) is 4.60. The molecule has 0 saturated heterocycles. The Morgan fingerprint density at radius 1 is 1.11 bits per heavy atom. The Kier molecular flexibility index (Phi) is 7.21. The molecule has 1 heterocycles. The van der Waals surface area contributed by atoms with Crippen LogP contribution in [0.3, 0.4) is 0 Å². The van der Waals surface area contributed by atoms with Crippen LogP contribution in [-0.2, 0) is 11.3 Å². The minimum atomic E-state index is -0.815. The third kappa shape index (κ3) is 5.70. The first-order valence-electron chi connectivity index (χ1n) is 12.1. The number of benzene rings is 2. The lowest BCUT2D eigenvalue weighted by molar-refractivity contribution is -0.127. The van der Waals surface area contributed by atoms with E-state index >= 15 is 0 Å². The highest BCUT2D eigenvalue weighted by Crippen LogP contribution is 2.24. The molecule has 3 atom stereocenters. The van der Waals surface area contributed by atoms with E-state index in [4.69, 9.17) is 0 Å². The van der Waals surface area contributed by atoms with Gasteiger partial charge in [-0.15, -0.1) is 0 Å². The molecular weight excluding hydrogens is 447 g/mol. The van der Waals surface area contributed by atoms with Gasteiger partial charge in [-0.2, -0.15) is 5.10 Å². The quantitative estimate of drug-likeness (QED) is 0.500. The van der Waals surface area contributed by atoms with Crippen LogP contribution in [0.4, 0.5) is 4.39 Å². The highest BCUT2D eigenvalue weighted by Gasteiger charge is 2.36. The van der Waals surface area contributed by atoms with Crippen molar-refractivity contribution in [3.63, 3.8) is 0 Å². The van der Waals surface area contributed by atoms with Gasteiger partial charge in [-0.3, -0.25) is 14.3 Å². The molecule has 1 fully saturated rings. The minimum absolute atomic E-state index is 0.225. The first kappa shape index (κ1) is 24.9. The van der Waals surface area contributed by atoms with Gasteiger partial charge in [-0.25, -0.2) is 4.39 Å². The number of nitrogens with zero attached hydrogens (tertiary/aromatic N) is 2. The van der Waals surface area contributed by atoms with E-state index in [2.05, 4.69) is 15.7 Å². The predicted molar refractivity (Wildman–Crippen MR) is 132 cm³/mol. The summed E-state index contributed by atoms with van der Waals surface area (Å²) in [6.07, 6.45) is 2.70. The molecular formula is C27H33FN4O3. The molecule has 3 N–H and O–H groups in total. The topological polar surface area (TPSA) is 96.2 Å². The third-order valence-electron chi connectivity index (χ3n) is 6.58. The Bertz CT molecular complexity index is 1200. The Hall–Kier alpha value is -3.26. The van der Waals surface area contributed by atoms with Crippen molar-refractivity contribution in [2.24, 2.45) is 5.41 Å². The maximum Gasteiger partial charge on any atom is 0.273 e. The van der Waals surface area contributed by atoms with E-state index in [-0.39, 0.29) is 23.5 Å². The number of fused-ring (bicyclic) bond motifs is 1. The van der Waals surface area contributed by atoms with Crippen molar-refractivity contribution < 1.29 is 19.1 Å². The zero-order valence-corrected chi connectivity index (χ0v) is 20.4. The zero-order chi connectivity index (χ0) is 25.2. The number of para-hydroxylation sites is 1. The second-order valence-electron chi connectivity index (χ2n) is 10.4.